The van der Waals surface area contributed by atoms with Gasteiger partial charge in [0.05, 0.1) is 0 Å². The summed E-state index contributed by atoms with van der Waals surface area (Å²) >= 11 is 0. The second-order valence-electron chi connectivity index (χ2n) is 7.11. The van der Waals surface area contributed by atoms with Crippen LogP contribution in [0.1, 0.15) is 32.3 Å². The molecule has 0 saturated heterocycles. The summed E-state index contributed by atoms with van der Waals surface area (Å²) in [5, 5.41) is 3.80. The zero-order chi connectivity index (χ0) is 16.8. The molecule has 0 spiro atoms. The van der Waals surface area contributed by atoms with Gasteiger partial charge in [-0.2, -0.15) is 0 Å². The standard InChI is InChI=1S/C21H29N3/c1-17-11-12-18(2)21(17)23-14-15-24(20-10-6-7-13-22-20)16-19-8-4-3-5-9-19/h3-10,13,17-18,21,23H,11-12,14-16H2,1-2H3. The van der Waals surface area contributed by atoms with Crippen LogP contribution in [0.15, 0.2) is 54.7 Å². The lowest BCUT2D eigenvalue weighted by molar-refractivity contribution is 0.369. The second-order valence-corrected chi connectivity index (χ2v) is 7.11. The maximum Gasteiger partial charge on any atom is 0.128 e. The van der Waals surface area contributed by atoms with Crippen LogP contribution in [0.25, 0.3) is 0 Å². The smallest absolute Gasteiger partial charge is 0.128 e. The molecule has 3 rings (SSSR count). The molecule has 3 heteroatoms. The zero-order valence-electron chi connectivity index (χ0n) is 14.9. The molecule has 2 aromatic rings. The van der Waals surface area contributed by atoms with E-state index in [-0.39, 0.29) is 0 Å². The Morgan fingerprint density at radius 2 is 1.71 bits per heavy atom. The SMILES string of the molecule is CC1CCC(C)C1NCCN(Cc1ccccc1)c1ccccn1. The number of hydrogen-bond donors (Lipinski definition) is 1. The van der Waals surface area contributed by atoms with Crippen LogP contribution in [0.5, 0.6) is 0 Å². The molecule has 2 unspecified atom stereocenters. The quantitative estimate of drug-likeness (QED) is 0.831. The fraction of sp³-hybridized carbons (Fsp3) is 0.476. The fourth-order valence-corrected chi connectivity index (χ4v) is 3.83. The topological polar surface area (TPSA) is 28.2 Å². The maximum absolute atomic E-state index is 4.55. The highest BCUT2D eigenvalue weighted by molar-refractivity contribution is 5.39. The van der Waals surface area contributed by atoms with E-state index < -0.39 is 0 Å². The summed E-state index contributed by atoms with van der Waals surface area (Å²) in [5.41, 5.74) is 1.32. The molecule has 1 saturated carbocycles. The van der Waals surface area contributed by atoms with E-state index in [4.69, 9.17) is 0 Å². The Labute approximate surface area is 146 Å². The molecular weight excluding hydrogens is 294 g/mol. The minimum Gasteiger partial charge on any atom is -0.351 e. The van der Waals surface area contributed by atoms with Crippen LogP contribution in [-0.2, 0) is 6.54 Å². The van der Waals surface area contributed by atoms with Gasteiger partial charge in [-0.15, -0.1) is 0 Å². The number of rotatable bonds is 7. The number of anilines is 1. The van der Waals surface area contributed by atoms with E-state index in [0.717, 1.165) is 37.3 Å². The number of nitrogens with zero attached hydrogens (tertiary/aromatic N) is 2. The molecule has 24 heavy (non-hydrogen) atoms. The predicted molar refractivity (Wildman–Crippen MR) is 101 cm³/mol. The van der Waals surface area contributed by atoms with Gasteiger partial charge >= 0.3 is 0 Å². The molecule has 1 aromatic heterocycles. The molecule has 3 nitrogen and oxygen atoms in total. The third kappa shape index (κ3) is 4.35. The van der Waals surface area contributed by atoms with Gasteiger partial charge in [0.1, 0.15) is 5.82 Å². The van der Waals surface area contributed by atoms with E-state index in [1.54, 1.807) is 0 Å². The van der Waals surface area contributed by atoms with Crippen molar-refractivity contribution in [2.24, 2.45) is 11.8 Å². The Hall–Kier alpha value is -1.87. The Morgan fingerprint density at radius 3 is 2.38 bits per heavy atom. The van der Waals surface area contributed by atoms with Gasteiger partial charge in [0.15, 0.2) is 0 Å². The first kappa shape index (κ1) is 17.0. The van der Waals surface area contributed by atoms with Crippen LogP contribution in [-0.4, -0.2) is 24.1 Å². The molecule has 1 fully saturated rings. The molecule has 0 bridgehead atoms. The monoisotopic (exact) mass is 323 g/mol. The van der Waals surface area contributed by atoms with Crippen molar-refractivity contribution in [1.29, 1.82) is 0 Å². The van der Waals surface area contributed by atoms with Crippen molar-refractivity contribution in [2.45, 2.75) is 39.3 Å². The van der Waals surface area contributed by atoms with Crippen LogP contribution < -0.4 is 10.2 Å². The van der Waals surface area contributed by atoms with Crippen molar-refractivity contribution in [2.75, 3.05) is 18.0 Å². The number of aromatic nitrogens is 1. The number of benzene rings is 1. The predicted octanol–water partition coefficient (Wildman–Crippen LogP) is 4.11. The third-order valence-electron chi connectivity index (χ3n) is 5.25. The van der Waals surface area contributed by atoms with E-state index in [9.17, 15) is 0 Å². The average molecular weight is 323 g/mol. The molecule has 0 aliphatic heterocycles. The Balaban J connectivity index is 1.62. The molecule has 1 aliphatic carbocycles. The van der Waals surface area contributed by atoms with Crippen LogP contribution in [0, 0.1) is 11.8 Å². The van der Waals surface area contributed by atoms with Gasteiger partial charge in [0.25, 0.3) is 0 Å². The molecule has 1 heterocycles. The molecule has 128 valence electrons. The van der Waals surface area contributed by atoms with Crippen molar-refractivity contribution in [3.05, 3.63) is 60.3 Å². The summed E-state index contributed by atoms with van der Waals surface area (Å²) in [7, 11) is 0. The van der Waals surface area contributed by atoms with Gasteiger partial charge < -0.3 is 10.2 Å². The molecule has 1 aliphatic rings. The molecule has 0 radical (unpaired) electrons. The summed E-state index contributed by atoms with van der Waals surface area (Å²) < 4.78 is 0. The van der Waals surface area contributed by atoms with Gasteiger partial charge in [-0.3, -0.25) is 0 Å². The van der Waals surface area contributed by atoms with Gasteiger partial charge in [-0.05, 0) is 42.4 Å². The number of pyridine rings is 1. The van der Waals surface area contributed by atoms with Gasteiger partial charge in [-0.1, -0.05) is 50.2 Å². The molecule has 0 amide bonds. The van der Waals surface area contributed by atoms with E-state index in [0.29, 0.717) is 6.04 Å². The van der Waals surface area contributed by atoms with Crippen molar-refractivity contribution in [3.8, 4) is 0 Å². The lowest BCUT2D eigenvalue weighted by Gasteiger charge is -2.27. The van der Waals surface area contributed by atoms with E-state index in [1.165, 1.54) is 18.4 Å². The lowest BCUT2D eigenvalue weighted by atomic mass is 10.0. The first-order valence-electron chi connectivity index (χ1n) is 9.17. The highest BCUT2D eigenvalue weighted by Crippen LogP contribution is 2.30. The maximum atomic E-state index is 4.55. The minimum absolute atomic E-state index is 0.660. The Kier molecular flexibility index (Phi) is 5.86. The fourth-order valence-electron chi connectivity index (χ4n) is 3.83. The summed E-state index contributed by atoms with van der Waals surface area (Å²) in [6.45, 7) is 7.63. The van der Waals surface area contributed by atoms with E-state index in [1.807, 2.05) is 12.3 Å². The first-order chi connectivity index (χ1) is 11.7. The van der Waals surface area contributed by atoms with Crippen LogP contribution in [0.2, 0.25) is 0 Å². The highest BCUT2D eigenvalue weighted by Gasteiger charge is 2.29. The van der Waals surface area contributed by atoms with Crippen LogP contribution in [0.4, 0.5) is 5.82 Å². The van der Waals surface area contributed by atoms with Crippen LogP contribution in [0.3, 0.4) is 0 Å². The van der Waals surface area contributed by atoms with Gasteiger partial charge in [-0.25, -0.2) is 4.98 Å². The molecular formula is C21H29N3. The molecule has 2 atom stereocenters. The molecule has 1 N–H and O–H groups in total. The van der Waals surface area contributed by atoms with Crippen molar-refractivity contribution < 1.29 is 0 Å². The van der Waals surface area contributed by atoms with Gasteiger partial charge in [0.2, 0.25) is 0 Å². The minimum atomic E-state index is 0.660. The van der Waals surface area contributed by atoms with Crippen molar-refractivity contribution >= 4 is 5.82 Å². The van der Waals surface area contributed by atoms with Crippen molar-refractivity contribution in [1.82, 2.24) is 10.3 Å². The zero-order valence-corrected chi connectivity index (χ0v) is 14.9. The van der Waals surface area contributed by atoms with Gasteiger partial charge in [0, 0.05) is 31.9 Å². The lowest BCUT2D eigenvalue weighted by Crippen LogP contribution is -2.41. The van der Waals surface area contributed by atoms with E-state index in [2.05, 4.69) is 71.5 Å². The largest absolute Gasteiger partial charge is 0.351 e. The summed E-state index contributed by atoms with van der Waals surface area (Å²) in [4.78, 5) is 6.92. The Morgan fingerprint density at radius 1 is 1.00 bits per heavy atom. The summed E-state index contributed by atoms with van der Waals surface area (Å²) in [6, 6.07) is 17.4. The number of hydrogen-bond acceptors (Lipinski definition) is 3. The highest BCUT2D eigenvalue weighted by atomic mass is 15.2. The summed E-state index contributed by atoms with van der Waals surface area (Å²) in [5.74, 6) is 2.63. The van der Waals surface area contributed by atoms with E-state index >= 15 is 0 Å². The third-order valence-corrected chi connectivity index (χ3v) is 5.25. The van der Waals surface area contributed by atoms with Crippen LogP contribution >= 0.6 is 0 Å². The summed E-state index contributed by atoms with van der Waals surface area (Å²) in [6.07, 6.45) is 4.58. The Bertz CT molecular complexity index is 589. The van der Waals surface area contributed by atoms with Crippen molar-refractivity contribution in [3.63, 3.8) is 0 Å². The number of nitrogens with one attached hydrogen (secondary N) is 1. The average Bonchev–Trinajstić information content (AvgIpc) is 2.94. The first-order valence-corrected chi connectivity index (χ1v) is 9.17. The molecule has 1 aromatic carbocycles. The normalized spacial score (nSPS) is 23.3. The second kappa shape index (κ2) is 8.29.